The summed E-state index contributed by atoms with van der Waals surface area (Å²) in [6, 6.07) is 0. The van der Waals surface area contributed by atoms with Gasteiger partial charge in [0, 0.05) is 26.2 Å². The molecule has 0 aromatic rings. The van der Waals surface area contributed by atoms with Gasteiger partial charge in [-0.2, -0.15) is 0 Å². The molecule has 4 nitrogen and oxygen atoms in total. The minimum Gasteiger partial charge on any atom is -0.392 e. The van der Waals surface area contributed by atoms with Crippen molar-refractivity contribution in [1.82, 2.24) is 0 Å². The number of hydrogen-bond acceptors (Lipinski definition) is 4. The fourth-order valence-electron chi connectivity index (χ4n) is 0. The Morgan fingerprint density at radius 3 is 0.895 bits per heavy atom. The molecule has 112 valence electrons. The summed E-state index contributed by atoms with van der Waals surface area (Å²) in [7, 11) is 0. The number of aliphatic hydroxyl groups is 4. The van der Waals surface area contributed by atoms with Gasteiger partial charge < -0.3 is 20.4 Å². The van der Waals surface area contributed by atoms with Crippen LogP contribution in [-0.4, -0.2) is 45.8 Å². The molecule has 0 spiro atoms. The van der Waals surface area contributed by atoms with Gasteiger partial charge in [-0.05, 0) is 13.8 Å². The molecule has 4 N–H and O–H groups in total. The van der Waals surface area contributed by atoms with Gasteiger partial charge in [-0.3, -0.25) is 0 Å². The van der Waals surface area contributed by atoms with E-state index in [1.54, 1.807) is 13.8 Å². The van der Waals surface area contributed by atoms with Crippen molar-refractivity contribution in [3.63, 3.8) is 0 Å². The maximum Gasteiger partial charge on any atom is 0.0690 e. The smallest absolute Gasteiger partial charge is 0.0690 e. The Balaban J connectivity index is -0.0000000453. The first kappa shape index (κ1) is 31.2. The van der Waals surface area contributed by atoms with Gasteiger partial charge in [0.05, 0.1) is 25.4 Å². The zero-order chi connectivity index (χ0) is 15.4. The molecule has 19 heavy (non-hydrogen) atoms. The Morgan fingerprint density at radius 2 is 0.895 bits per heavy atom. The van der Waals surface area contributed by atoms with Gasteiger partial charge >= 0.3 is 0 Å². The molecule has 0 aliphatic rings. The molecule has 0 radical (unpaired) electrons. The van der Waals surface area contributed by atoms with E-state index in [2.05, 4.69) is 26.3 Å². The molecule has 0 amide bonds. The normalized spacial score (nSPS) is 10.0. The second kappa shape index (κ2) is 36.1. The SMILES string of the molecule is C=CC(C)O.C=CC(C)O.C=CCO.C=CCO.[Zr]. The monoisotopic (exact) mass is 350 g/mol. The second-order valence-corrected chi connectivity index (χ2v) is 2.90. The average molecular weight is 352 g/mol. The molecule has 5 heteroatoms. The van der Waals surface area contributed by atoms with E-state index in [1.165, 1.54) is 24.3 Å². The molecule has 0 fully saturated rings. The molecule has 0 heterocycles. The topological polar surface area (TPSA) is 80.9 Å². The first-order valence-electron chi connectivity index (χ1n) is 5.42. The van der Waals surface area contributed by atoms with Crippen LogP contribution in [0, 0.1) is 0 Å². The summed E-state index contributed by atoms with van der Waals surface area (Å²) in [5.41, 5.74) is 0. The van der Waals surface area contributed by atoms with E-state index in [0.29, 0.717) is 0 Å². The third-order valence-corrected chi connectivity index (χ3v) is 0.940. The van der Waals surface area contributed by atoms with Crippen LogP contribution in [0.15, 0.2) is 50.6 Å². The largest absolute Gasteiger partial charge is 0.392 e. The van der Waals surface area contributed by atoms with Gasteiger partial charge in [0.2, 0.25) is 0 Å². The zero-order valence-corrected chi connectivity index (χ0v) is 14.5. The van der Waals surface area contributed by atoms with Crippen molar-refractivity contribution < 1.29 is 46.6 Å². The van der Waals surface area contributed by atoms with E-state index in [1.807, 2.05) is 0 Å². The average Bonchev–Trinajstić information content (AvgIpc) is 2.39. The molecule has 0 aromatic heterocycles. The Labute approximate surface area is 136 Å². The third kappa shape index (κ3) is 135. The van der Waals surface area contributed by atoms with Crippen LogP contribution in [0.3, 0.4) is 0 Å². The standard InChI is InChI=1S/2C4H8O.2C3H6O.Zr/c2*1-3-4(2)5;2*1-2-3-4;/h2*3-5H,1H2,2H3;2*2,4H,1,3H2;. The molecule has 0 aliphatic carbocycles. The zero-order valence-electron chi connectivity index (χ0n) is 12.0. The predicted molar refractivity (Wildman–Crippen MR) is 78.3 cm³/mol. The molecule has 0 aromatic carbocycles. The number of aliphatic hydroxyl groups excluding tert-OH is 4. The molecule has 2 atom stereocenters. The summed E-state index contributed by atoms with van der Waals surface area (Å²) < 4.78 is 0. The number of hydrogen-bond donors (Lipinski definition) is 4. The van der Waals surface area contributed by atoms with E-state index in [4.69, 9.17) is 20.4 Å². The third-order valence-electron chi connectivity index (χ3n) is 0.940. The molecular weight excluding hydrogens is 323 g/mol. The van der Waals surface area contributed by atoms with E-state index in [-0.39, 0.29) is 51.6 Å². The molecule has 0 saturated heterocycles. The van der Waals surface area contributed by atoms with Crippen LogP contribution < -0.4 is 0 Å². The molecule has 0 rings (SSSR count). The summed E-state index contributed by atoms with van der Waals surface area (Å²) in [6.07, 6.45) is 5.10. The summed E-state index contributed by atoms with van der Waals surface area (Å²) in [4.78, 5) is 0. The molecule has 2 unspecified atom stereocenters. The van der Waals surface area contributed by atoms with E-state index in [9.17, 15) is 0 Å². The van der Waals surface area contributed by atoms with Gasteiger partial charge in [0.15, 0.2) is 0 Å². The predicted octanol–water partition coefficient (Wildman–Crippen LogP) is 1.43. The van der Waals surface area contributed by atoms with Crippen LogP contribution in [0.1, 0.15) is 13.8 Å². The van der Waals surface area contributed by atoms with Crippen LogP contribution in [0.2, 0.25) is 0 Å². The van der Waals surface area contributed by atoms with Gasteiger partial charge in [-0.1, -0.05) is 24.3 Å². The molecule has 0 bridgehead atoms. The van der Waals surface area contributed by atoms with Crippen LogP contribution >= 0.6 is 0 Å². The van der Waals surface area contributed by atoms with Crippen LogP contribution in [-0.2, 0) is 26.2 Å². The summed E-state index contributed by atoms with van der Waals surface area (Å²) in [5.74, 6) is 0. The summed E-state index contributed by atoms with van der Waals surface area (Å²) in [5, 5.41) is 32.0. The summed E-state index contributed by atoms with van der Waals surface area (Å²) in [6.45, 7) is 16.6. The van der Waals surface area contributed by atoms with Crippen molar-refractivity contribution in [3.8, 4) is 0 Å². The van der Waals surface area contributed by atoms with Gasteiger partial charge in [-0.15, -0.1) is 26.3 Å². The Bertz CT molecular complexity index is 160. The van der Waals surface area contributed by atoms with Crippen molar-refractivity contribution in [2.45, 2.75) is 26.1 Å². The van der Waals surface area contributed by atoms with Crippen LogP contribution in [0.5, 0.6) is 0 Å². The first-order valence-corrected chi connectivity index (χ1v) is 5.42. The van der Waals surface area contributed by atoms with Crippen molar-refractivity contribution in [3.05, 3.63) is 50.6 Å². The molecule has 0 saturated carbocycles. The van der Waals surface area contributed by atoms with Crippen LogP contribution in [0.4, 0.5) is 0 Å². The minimum atomic E-state index is -0.352. The maximum atomic E-state index is 8.24. The van der Waals surface area contributed by atoms with E-state index >= 15 is 0 Å². The molecule has 0 aliphatic heterocycles. The van der Waals surface area contributed by atoms with Gasteiger partial charge in [0.25, 0.3) is 0 Å². The quantitative estimate of drug-likeness (QED) is 0.578. The van der Waals surface area contributed by atoms with Crippen molar-refractivity contribution in [2.75, 3.05) is 13.2 Å². The fraction of sp³-hybridized carbons (Fsp3) is 0.429. The molecular formula is C14H28O4Zr. The van der Waals surface area contributed by atoms with Crippen LogP contribution in [0.25, 0.3) is 0 Å². The van der Waals surface area contributed by atoms with Crippen molar-refractivity contribution in [2.24, 2.45) is 0 Å². The van der Waals surface area contributed by atoms with Crippen molar-refractivity contribution in [1.29, 1.82) is 0 Å². The van der Waals surface area contributed by atoms with Crippen molar-refractivity contribution >= 4 is 0 Å². The van der Waals surface area contributed by atoms with Gasteiger partial charge in [0.1, 0.15) is 0 Å². The second-order valence-electron chi connectivity index (χ2n) is 2.90. The fourth-order valence-corrected chi connectivity index (χ4v) is 0. The maximum absolute atomic E-state index is 8.24. The number of rotatable bonds is 4. The Hall–Kier alpha value is -0.317. The van der Waals surface area contributed by atoms with Gasteiger partial charge in [-0.25, -0.2) is 0 Å². The Kier molecular flexibility index (Phi) is 59.2. The minimum absolute atomic E-state index is 0. The first-order chi connectivity index (χ1) is 8.37. The van der Waals surface area contributed by atoms with E-state index in [0.717, 1.165) is 0 Å². The summed E-state index contributed by atoms with van der Waals surface area (Å²) >= 11 is 0. The Morgan fingerprint density at radius 1 is 0.789 bits per heavy atom. The van der Waals surface area contributed by atoms with E-state index < -0.39 is 0 Å².